The van der Waals surface area contributed by atoms with Crippen LogP contribution in [0.3, 0.4) is 0 Å². The molecule has 0 aromatic heterocycles. The van der Waals surface area contributed by atoms with Crippen LogP contribution in [0.5, 0.6) is 0 Å². The normalized spacial score (nSPS) is 12.1. The number of halogens is 1. The van der Waals surface area contributed by atoms with E-state index in [0.29, 0.717) is 11.3 Å². The van der Waals surface area contributed by atoms with Crippen molar-refractivity contribution in [1.82, 2.24) is 5.32 Å². The predicted molar refractivity (Wildman–Crippen MR) is 109 cm³/mol. The highest BCUT2D eigenvalue weighted by Gasteiger charge is 2.22. The highest BCUT2D eigenvalue weighted by atomic mass is 35.5. The van der Waals surface area contributed by atoms with Crippen LogP contribution in [0.4, 0.5) is 5.69 Å². The number of benzene rings is 2. The number of nitrogens with two attached hydrogens (primary N) is 1. The van der Waals surface area contributed by atoms with E-state index in [1.165, 1.54) is 7.11 Å². The molecule has 0 fully saturated rings. The van der Waals surface area contributed by atoms with Crippen molar-refractivity contribution in [3.63, 3.8) is 0 Å². The Balaban J connectivity index is 0.00000392. The lowest BCUT2D eigenvalue weighted by Crippen LogP contribution is -2.31. The third kappa shape index (κ3) is 6.37. The van der Waals surface area contributed by atoms with Gasteiger partial charge in [0.2, 0.25) is 5.91 Å². The van der Waals surface area contributed by atoms with Gasteiger partial charge >= 0.3 is 5.97 Å². The number of hydrogen-bond acceptors (Lipinski definition) is 5. The van der Waals surface area contributed by atoms with E-state index in [2.05, 4.69) is 15.4 Å². The standard InChI is InChI=1S/C20H23N3O4.ClH/c1-13(18(21)14-6-4-3-5-7-14)19(25)23-16-10-8-15(9-11-16)20(26)22-12-17(24)27-2;/h3-11,13,18H,12,21H2,1-2H3,(H,22,26)(H,23,25);1H. The van der Waals surface area contributed by atoms with Gasteiger partial charge in [0, 0.05) is 17.3 Å². The number of nitrogens with one attached hydrogen (secondary N) is 2. The number of esters is 1. The van der Waals surface area contributed by atoms with Crippen molar-refractivity contribution in [2.24, 2.45) is 11.7 Å². The minimum Gasteiger partial charge on any atom is -0.468 e. The average molecular weight is 406 g/mol. The molecule has 4 N–H and O–H groups in total. The molecule has 0 bridgehead atoms. The van der Waals surface area contributed by atoms with E-state index in [1.54, 1.807) is 31.2 Å². The number of carbonyl (C=O) groups excluding carboxylic acids is 3. The zero-order valence-corrected chi connectivity index (χ0v) is 16.5. The summed E-state index contributed by atoms with van der Waals surface area (Å²) in [6, 6.07) is 15.4. The van der Waals surface area contributed by atoms with E-state index < -0.39 is 23.8 Å². The second-order valence-corrected chi connectivity index (χ2v) is 6.05. The van der Waals surface area contributed by atoms with Crippen molar-refractivity contribution in [1.29, 1.82) is 0 Å². The summed E-state index contributed by atoms with van der Waals surface area (Å²) in [5.74, 6) is -1.58. The SMILES string of the molecule is COC(=O)CNC(=O)c1ccc(NC(=O)C(C)C(N)c2ccccc2)cc1.Cl. The molecule has 2 atom stereocenters. The molecule has 0 saturated heterocycles. The molecule has 2 rings (SSSR count). The van der Waals surface area contributed by atoms with E-state index in [4.69, 9.17) is 5.73 Å². The first-order valence-electron chi connectivity index (χ1n) is 8.49. The van der Waals surface area contributed by atoms with Crippen LogP contribution >= 0.6 is 12.4 Å². The lowest BCUT2D eigenvalue weighted by Gasteiger charge is -2.20. The Bertz CT molecular complexity index is 797. The fourth-order valence-corrected chi connectivity index (χ4v) is 2.41. The summed E-state index contributed by atoms with van der Waals surface area (Å²) in [6.45, 7) is 1.56. The van der Waals surface area contributed by atoms with Crippen LogP contribution in [0.2, 0.25) is 0 Å². The molecule has 0 spiro atoms. The molecule has 0 radical (unpaired) electrons. The molecule has 0 aliphatic carbocycles. The molecule has 0 saturated carbocycles. The number of anilines is 1. The zero-order valence-electron chi connectivity index (χ0n) is 15.7. The van der Waals surface area contributed by atoms with Gasteiger partial charge in [0.25, 0.3) is 5.91 Å². The zero-order chi connectivity index (χ0) is 19.8. The van der Waals surface area contributed by atoms with E-state index in [9.17, 15) is 14.4 Å². The van der Waals surface area contributed by atoms with Crippen LogP contribution in [0.25, 0.3) is 0 Å². The van der Waals surface area contributed by atoms with Crippen molar-refractivity contribution in [2.45, 2.75) is 13.0 Å². The lowest BCUT2D eigenvalue weighted by atomic mass is 9.94. The summed E-state index contributed by atoms with van der Waals surface area (Å²) in [5, 5.41) is 5.24. The first-order valence-corrected chi connectivity index (χ1v) is 8.49. The van der Waals surface area contributed by atoms with Crippen LogP contribution in [0.1, 0.15) is 28.9 Å². The van der Waals surface area contributed by atoms with Gasteiger partial charge in [-0.3, -0.25) is 14.4 Å². The minimum absolute atomic E-state index is 0. The number of amides is 2. The van der Waals surface area contributed by atoms with Gasteiger partial charge in [-0.25, -0.2) is 0 Å². The highest BCUT2D eigenvalue weighted by Crippen LogP contribution is 2.21. The molecule has 7 nitrogen and oxygen atoms in total. The van der Waals surface area contributed by atoms with Gasteiger partial charge in [0.15, 0.2) is 0 Å². The fourth-order valence-electron chi connectivity index (χ4n) is 2.41. The molecule has 2 aromatic rings. The van der Waals surface area contributed by atoms with E-state index >= 15 is 0 Å². The van der Waals surface area contributed by atoms with E-state index in [-0.39, 0.29) is 24.9 Å². The van der Waals surface area contributed by atoms with Crippen LogP contribution < -0.4 is 16.4 Å². The maximum Gasteiger partial charge on any atom is 0.325 e. The molecule has 2 unspecified atom stereocenters. The molecule has 0 aliphatic rings. The Morgan fingerprint density at radius 3 is 2.21 bits per heavy atom. The van der Waals surface area contributed by atoms with Gasteiger partial charge in [0.05, 0.1) is 13.0 Å². The summed E-state index contributed by atoms with van der Waals surface area (Å²) in [7, 11) is 1.25. The number of carbonyl (C=O) groups is 3. The molecular formula is C20H24ClN3O4. The smallest absolute Gasteiger partial charge is 0.325 e. The van der Waals surface area contributed by atoms with Crippen LogP contribution in [-0.4, -0.2) is 31.4 Å². The Hall–Kier alpha value is -2.90. The van der Waals surface area contributed by atoms with Gasteiger partial charge in [-0.05, 0) is 29.8 Å². The van der Waals surface area contributed by atoms with Gasteiger partial charge in [-0.15, -0.1) is 12.4 Å². The number of ether oxygens (including phenoxy) is 1. The Kier molecular flexibility index (Phi) is 9.14. The second kappa shape index (κ2) is 11.1. The fraction of sp³-hybridized carbons (Fsp3) is 0.250. The minimum atomic E-state index is -0.532. The van der Waals surface area contributed by atoms with Gasteiger partial charge < -0.3 is 21.1 Å². The number of methoxy groups -OCH3 is 1. The summed E-state index contributed by atoms with van der Waals surface area (Å²) in [6.07, 6.45) is 0. The first kappa shape index (κ1) is 23.1. The van der Waals surface area contributed by atoms with Crippen LogP contribution in [0, 0.1) is 5.92 Å². The van der Waals surface area contributed by atoms with Crippen molar-refractivity contribution in [3.8, 4) is 0 Å². The first-order chi connectivity index (χ1) is 12.9. The monoisotopic (exact) mass is 405 g/mol. The summed E-state index contributed by atoms with van der Waals surface area (Å²) in [4.78, 5) is 35.4. The Morgan fingerprint density at radius 1 is 1.04 bits per heavy atom. The Labute approximate surface area is 170 Å². The average Bonchev–Trinajstić information content (AvgIpc) is 2.71. The third-order valence-electron chi connectivity index (χ3n) is 4.17. The van der Waals surface area contributed by atoms with Crippen molar-refractivity contribution in [2.75, 3.05) is 19.0 Å². The molecule has 8 heteroatoms. The molecule has 0 heterocycles. The molecule has 0 aliphatic heterocycles. The quantitative estimate of drug-likeness (QED) is 0.612. The largest absolute Gasteiger partial charge is 0.468 e. The van der Waals surface area contributed by atoms with Crippen LogP contribution in [0.15, 0.2) is 54.6 Å². The molecule has 2 aromatic carbocycles. The van der Waals surface area contributed by atoms with Crippen molar-refractivity contribution < 1.29 is 19.1 Å². The van der Waals surface area contributed by atoms with Gasteiger partial charge in [-0.1, -0.05) is 37.3 Å². The van der Waals surface area contributed by atoms with E-state index in [1.807, 2.05) is 30.3 Å². The summed E-state index contributed by atoms with van der Waals surface area (Å²) >= 11 is 0. The molecule has 2 amide bonds. The van der Waals surface area contributed by atoms with Crippen LogP contribution in [-0.2, 0) is 14.3 Å². The number of hydrogen-bond donors (Lipinski definition) is 3. The lowest BCUT2D eigenvalue weighted by molar-refractivity contribution is -0.139. The second-order valence-electron chi connectivity index (χ2n) is 6.05. The third-order valence-corrected chi connectivity index (χ3v) is 4.17. The van der Waals surface area contributed by atoms with E-state index in [0.717, 1.165) is 5.56 Å². The molecular weight excluding hydrogens is 382 g/mol. The molecule has 150 valence electrons. The maximum absolute atomic E-state index is 12.4. The topological polar surface area (TPSA) is 111 Å². The van der Waals surface area contributed by atoms with Gasteiger partial charge in [0.1, 0.15) is 6.54 Å². The molecule has 28 heavy (non-hydrogen) atoms. The summed E-state index contributed by atoms with van der Waals surface area (Å²) < 4.78 is 4.46. The van der Waals surface area contributed by atoms with Gasteiger partial charge in [-0.2, -0.15) is 0 Å². The van der Waals surface area contributed by atoms with Crippen molar-refractivity contribution >= 4 is 35.9 Å². The summed E-state index contributed by atoms with van der Waals surface area (Å²) in [5.41, 5.74) is 7.98. The maximum atomic E-state index is 12.4. The Morgan fingerprint density at radius 2 is 1.64 bits per heavy atom. The van der Waals surface area contributed by atoms with Crippen molar-refractivity contribution in [3.05, 3.63) is 65.7 Å². The highest BCUT2D eigenvalue weighted by molar-refractivity contribution is 5.97. The number of rotatable bonds is 7. The predicted octanol–water partition coefficient (Wildman–Crippen LogP) is 2.29.